The van der Waals surface area contributed by atoms with Crippen LogP contribution in [0.15, 0.2) is 77.7 Å². The van der Waals surface area contributed by atoms with Crippen LogP contribution in [0.3, 0.4) is 0 Å². The number of anilines is 2. The summed E-state index contributed by atoms with van der Waals surface area (Å²) in [4.78, 5) is 46.9. The van der Waals surface area contributed by atoms with Gasteiger partial charge in [-0.25, -0.2) is 4.79 Å². The summed E-state index contributed by atoms with van der Waals surface area (Å²) >= 11 is 0. The Labute approximate surface area is 458 Å². The number of nitrogen functional groups attached to an aromatic ring is 1. The van der Waals surface area contributed by atoms with Crippen molar-refractivity contribution in [3.05, 3.63) is 89.5 Å². The van der Waals surface area contributed by atoms with Gasteiger partial charge in [-0.3, -0.25) is 14.9 Å². The Morgan fingerprint density at radius 1 is 0.680 bits per heavy atom. The van der Waals surface area contributed by atoms with E-state index < -0.39 is 22.7 Å². The molecule has 75 heavy (non-hydrogen) atoms. The van der Waals surface area contributed by atoms with Crippen molar-refractivity contribution in [3.63, 3.8) is 0 Å². The normalized spacial score (nSPS) is 16.6. The maximum atomic E-state index is 14.7. The average molecular weight is 1110 g/mol. The number of nitrogens with zero attached hydrogens (tertiary/aromatic N) is 2. The van der Waals surface area contributed by atoms with Crippen LogP contribution in [0.2, 0.25) is 36.3 Å². The minimum absolute atomic E-state index is 0.00494. The van der Waals surface area contributed by atoms with Crippen molar-refractivity contribution in [2.45, 2.75) is 159 Å². The summed E-state index contributed by atoms with van der Waals surface area (Å²) in [5, 5.41) is 2.89. The van der Waals surface area contributed by atoms with Crippen LogP contribution in [0.1, 0.15) is 121 Å². The number of amides is 3. The molecule has 14 nitrogen and oxygen atoms in total. The number of hydrogen-bond donors (Lipinski definition) is 2. The van der Waals surface area contributed by atoms with E-state index in [1.165, 1.54) is 14.2 Å². The van der Waals surface area contributed by atoms with E-state index >= 15 is 0 Å². The lowest BCUT2D eigenvalue weighted by atomic mass is 10.1. The number of methoxy groups -OCH3 is 2. The maximum absolute atomic E-state index is 14.7. The van der Waals surface area contributed by atoms with E-state index in [9.17, 15) is 14.4 Å². The third-order valence-corrected chi connectivity index (χ3v) is 26.8. The molecule has 414 valence electrons. The van der Waals surface area contributed by atoms with E-state index in [1.807, 2.05) is 29.2 Å². The number of rotatable bonds is 23. The highest BCUT2D eigenvalue weighted by atomic mass is 33.1. The van der Waals surface area contributed by atoms with Crippen molar-refractivity contribution >= 4 is 67.5 Å². The second kappa shape index (κ2) is 25.7. The van der Waals surface area contributed by atoms with Gasteiger partial charge in [0.05, 0.1) is 69.5 Å². The van der Waals surface area contributed by atoms with Crippen LogP contribution in [0.5, 0.6) is 23.0 Å². The van der Waals surface area contributed by atoms with E-state index in [1.54, 1.807) is 50.8 Å². The molecule has 2 atom stereocenters. The molecule has 5 rings (SSSR count). The number of hydrogen-bond acceptors (Lipinski definition) is 13. The van der Waals surface area contributed by atoms with Crippen molar-refractivity contribution in [1.29, 1.82) is 0 Å². The first-order valence-corrected chi connectivity index (χ1v) is 34.0. The lowest BCUT2D eigenvalue weighted by molar-refractivity contribution is 0.0680. The second-order valence-electron chi connectivity index (χ2n) is 23.7. The summed E-state index contributed by atoms with van der Waals surface area (Å²) in [6, 6.07) is 14.1. The first kappa shape index (κ1) is 61.3. The molecule has 0 aromatic heterocycles. The van der Waals surface area contributed by atoms with Crippen LogP contribution in [0.25, 0.3) is 0 Å². The molecular weight excluding hydrogens is 1020 g/mol. The molecular formula is C57H86N4O10S2Si2. The third kappa shape index (κ3) is 16.9. The quantitative estimate of drug-likeness (QED) is 0.0304. The van der Waals surface area contributed by atoms with E-state index in [-0.39, 0.29) is 56.6 Å². The van der Waals surface area contributed by atoms with Gasteiger partial charge in [0, 0.05) is 40.6 Å². The molecule has 0 saturated carbocycles. The van der Waals surface area contributed by atoms with Crippen LogP contribution < -0.4 is 30.0 Å². The van der Waals surface area contributed by atoms with Gasteiger partial charge >= 0.3 is 6.09 Å². The first-order valence-electron chi connectivity index (χ1n) is 26.0. The van der Waals surface area contributed by atoms with Gasteiger partial charge in [0.25, 0.3) is 11.8 Å². The van der Waals surface area contributed by atoms with Gasteiger partial charge in [-0.05, 0) is 98.2 Å². The largest absolute Gasteiger partial charge is 0.493 e. The van der Waals surface area contributed by atoms with Crippen LogP contribution in [0, 0.1) is 0 Å². The molecule has 3 amide bonds. The number of benzene rings is 3. The molecule has 0 aliphatic carbocycles. The fraction of sp³-hybridized carbons (Fsp3) is 0.561. The lowest BCUT2D eigenvalue weighted by Gasteiger charge is -2.38. The standard InChI is InChI=1S/C57H86N4O10S2Si2/c1-38-27-41(36-70-74(14,15)56(6,7)8)60(33-38)52(62)44-29-48(65-12)50(31-46(44)58)67-25-19-18-20-26-68-51-32-47(59-54(64)69-35-40-21-23-43(24-22-40)72-73-55(3,4)5)45(30-49(51)66-13)53(63)61-34-39(2)28-42(61)37-71-75(16,17)57(9,10)11/h21-24,29-32,41-42H,1-2,18-20,25-28,33-37,58H2,3-17H3,(H,59,64)/t41-,42-/m0/s1. The van der Waals surface area contributed by atoms with Crippen molar-refractivity contribution in [2.24, 2.45) is 0 Å². The van der Waals surface area contributed by atoms with Crippen molar-refractivity contribution in [1.82, 2.24) is 9.80 Å². The number of nitrogens with two attached hydrogens (primary N) is 1. The van der Waals surface area contributed by atoms with Gasteiger partial charge in [0.15, 0.2) is 39.6 Å². The summed E-state index contributed by atoms with van der Waals surface area (Å²) in [6.45, 7) is 39.3. The molecule has 2 aliphatic heterocycles. The third-order valence-electron chi connectivity index (χ3n) is 14.4. The van der Waals surface area contributed by atoms with Gasteiger partial charge in [-0.1, -0.05) is 120 Å². The Bertz CT molecular complexity index is 2500. The minimum atomic E-state index is -2.13. The Hall–Kier alpha value is -4.60. The summed E-state index contributed by atoms with van der Waals surface area (Å²) in [6.07, 6.45) is 2.65. The summed E-state index contributed by atoms with van der Waals surface area (Å²) in [5.41, 5.74) is 10.4. The molecule has 18 heteroatoms. The lowest BCUT2D eigenvalue weighted by Crippen LogP contribution is -2.46. The Kier molecular flexibility index (Phi) is 21.0. The fourth-order valence-electron chi connectivity index (χ4n) is 7.88. The van der Waals surface area contributed by atoms with Crippen molar-refractivity contribution < 1.29 is 46.9 Å². The number of unbranched alkanes of at least 4 members (excludes halogenated alkanes) is 2. The molecule has 3 aromatic rings. The van der Waals surface area contributed by atoms with E-state index in [4.69, 9.17) is 38.3 Å². The van der Waals surface area contributed by atoms with Crippen molar-refractivity contribution in [2.75, 3.05) is 64.8 Å². The molecule has 2 saturated heterocycles. The molecule has 3 N–H and O–H groups in total. The average Bonchev–Trinajstić information content (AvgIpc) is 3.90. The molecule has 3 aromatic carbocycles. The fourth-order valence-corrected chi connectivity index (χ4v) is 11.9. The molecule has 2 fully saturated rings. The van der Waals surface area contributed by atoms with Crippen LogP contribution in [-0.2, 0) is 20.2 Å². The monoisotopic (exact) mass is 1110 g/mol. The molecule has 0 radical (unpaired) electrons. The van der Waals surface area contributed by atoms with Gasteiger partial charge in [-0.15, -0.1) is 0 Å². The molecule has 0 unspecified atom stereocenters. The number of likely N-dealkylation sites (tertiary alicyclic amines) is 2. The van der Waals surface area contributed by atoms with E-state index in [0.29, 0.717) is 99.4 Å². The van der Waals surface area contributed by atoms with Crippen LogP contribution in [-0.4, -0.2) is 115 Å². The maximum Gasteiger partial charge on any atom is 0.411 e. The molecule has 0 bridgehead atoms. The van der Waals surface area contributed by atoms with Crippen molar-refractivity contribution in [3.8, 4) is 23.0 Å². The van der Waals surface area contributed by atoms with Gasteiger partial charge in [0.1, 0.15) is 6.61 Å². The van der Waals surface area contributed by atoms with E-state index in [2.05, 4.69) is 107 Å². The highest BCUT2D eigenvalue weighted by Crippen LogP contribution is 2.42. The van der Waals surface area contributed by atoms with Gasteiger partial charge in [0.2, 0.25) is 0 Å². The van der Waals surface area contributed by atoms with Crippen LogP contribution in [0.4, 0.5) is 16.2 Å². The molecule has 2 aliphatic rings. The minimum Gasteiger partial charge on any atom is -0.493 e. The van der Waals surface area contributed by atoms with Crippen LogP contribution >= 0.6 is 21.6 Å². The Morgan fingerprint density at radius 3 is 1.61 bits per heavy atom. The predicted molar refractivity (Wildman–Crippen MR) is 312 cm³/mol. The SMILES string of the molecule is C=C1C[C@@H](CO[Si](C)(C)C(C)(C)C)N(C(=O)c2cc(OC)c(OCCCCCOc3cc(NC(=O)OCc4ccc(SSC(C)(C)C)cc4)c(C(=O)N4CC(=C)C[C@H]4CO[Si](C)(C)C(C)(C)C)cc3OC)cc2N)C1. The second-order valence-corrected chi connectivity index (χ2v) is 36.4. The number of carbonyl (C=O) groups excluding carboxylic acids is 3. The zero-order valence-electron chi connectivity index (χ0n) is 47.5. The predicted octanol–water partition coefficient (Wildman–Crippen LogP) is 13.8. The Balaban J connectivity index is 1.24. The first-order chi connectivity index (χ1) is 34.9. The summed E-state index contributed by atoms with van der Waals surface area (Å²) in [7, 11) is 2.38. The van der Waals surface area contributed by atoms with Gasteiger partial charge < -0.3 is 48.1 Å². The highest BCUT2D eigenvalue weighted by Gasteiger charge is 2.42. The summed E-state index contributed by atoms with van der Waals surface area (Å²) < 4.78 is 42.9. The smallest absolute Gasteiger partial charge is 0.411 e. The molecule has 2 heterocycles. The number of carbonyl (C=O) groups is 3. The summed E-state index contributed by atoms with van der Waals surface area (Å²) in [5.74, 6) is 1.05. The number of nitrogens with one attached hydrogen (secondary N) is 1. The topological polar surface area (TPSA) is 160 Å². The zero-order valence-corrected chi connectivity index (χ0v) is 51.2. The van der Waals surface area contributed by atoms with Gasteiger partial charge in [-0.2, -0.15) is 0 Å². The number of ether oxygens (including phenoxy) is 5. The highest BCUT2D eigenvalue weighted by molar-refractivity contribution is 8.77. The zero-order chi connectivity index (χ0) is 55.7. The van der Waals surface area contributed by atoms with E-state index in [0.717, 1.165) is 28.0 Å². The molecule has 0 spiro atoms. The Morgan fingerprint density at radius 2 is 1.15 bits per heavy atom.